The van der Waals surface area contributed by atoms with Crippen molar-refractivity contribution in [2.45, 2.75) is 39.0 Å². The van der Waals surface area contributed by atoms with Gasteiger partial charge < -0.3 is 0 Å². The van der Waals surface area contributed by atoms with Crippen LogP contribution in [0.25, 0.3) is 6.08 Å². The Morgan fingerprint density at radius 3 is 2.50 bits per heavy atom. The van der Waals surface area contributed by atoms with Gasteiger partial charge in [0.05, 0.1) is 0 Å². The zero-order valence-electron chi connectivity index (χ0n) is 13.4. The minimum absolute atomic E-state index is 0.925. The van der Waals surface area contributed by atoms with Crippen LogP contribution in [0.3, 0.4) is 0 Å². The molecule has 0 heteroatoms. The third-order valence-corrected chi connectivity index (χ3v) is 3.59. The predicted molar refractivity (Wildman–Crippen MR) is 96.6 cm³/mol. The lowest BCUT2D eigenvalue weighted by atomic mass is 10.0. The Morgan fingerprint density at radius 2 is 1.68 bits per heavy atom. The van der Waals surface area contributed by atoms with E-state index < -0.39 is 0 Å². The van der Waals surface area contributed by atoms with Crippen molar-refractivity contribution >= 4 is 6.08 Å². The molecular formula is C22H24. The van der Waals surface area contributed by atoms with E-state index in [-0.39, 0.29) is 0 Å². The van der Waals surface area contributed by atoms with Gasteiger partial charge in [0.15, 0.2) is 0 Å². The first-order valence-electron chi connectivity index (χ1n) is 8.18. The van der Waals surface area contributed by atoms with Crippen molar-refractivity contribution in [2.75, 3.05) is 0 Å². The molecule has 2 aromatic carbocycles. The molecule has 0 aliphatic rings. The molecule has 0 aliphatic heterocycles. The Bertz CT molecular complexity index is 638. The van der Waals surface area contributed by atoms with E-state index in [4.69, 9.17) is 0 Å². The molecule has 112 valence electrons. The predicted octanol–water partition coefficient (Wildman–Crippen LogP) is 5.87. The van der Waals surface area contributed by atoms with Crippen molar-refractivity contribution in [3.8, 4) is 11.8 Å². The Kier molecular flexibility index (Phi) is 7.06. The highest BCUT2D eigenvalue weighted by atomic mass is 14.0. The van der Waals surface area contributed by atoms with Crippen LogP contribution in [0, 0.1) is 11.8 Å². The van der Waals surface area contributed by atoms with Gasteiger partial charge in [-0.2, -0.15) is 0 Å². The lowest BCUT2D eigenvalue weighted by molar-refractivity contribution is 0.737. The van der Waals surface area contributed by atoms with Crippen LogP contribution < -0.4 is 0 Å². The maximum Gasteiger partial charge on any atom is 0.0280 e. The van der Waals surface area contributed by atoms with Crippen LogP contribution >= 0.6 is 0 Å². The highest BCUT2D eigenvalue weighted by Crippen LogP contribution is 2.10. The largest absolute Gasteiger partial charge is 0.0979 e. The van der Waals surface area contributed by atoms with Gasteiger partial charge in [0, 0.05) is 12.0 Å². The first kappa shape index (κ1) is 16.1. The SMILES string of the molecule is CCCCCC#Cc1ccccc1C/C=C/c1ccccc1. The lowest BCUT2D eigenvalue weighted by Crippen LogP contribution is -1.87. The number of benzene rings is 2. The summed E-state index contributed by atoms with van der Waals surface area (Å²) in [6.45, 7) is 2.22. The molecule has 0 nitrogen and oxygen atoms in total. The molecule has 0 aliphatic carbocycles. The van der Waals surface area contributed by atoms with Crippen LogP contribution in [0.2, 0.25) is 0 Å². The van der Waals surface area contributed by atoms with Crippen molar-refractivity contribution in [2.24, 2.45) is 0 Å². The molecule has 0 spiro atoms. The first-order valence-corrected chi connectivity index (χ1v) is 8.18. The van der Waals surface area contributed by atoms with E-state index in [0.29, 0.717) is 0 Å². The second-order valence-electron chi connectivity index (χ2n) is 5.43. The maximum absolute atomic E-state index is 3.34. The molecule has 0 radical (unpaired) electrons. The van der Waals surface area contributed by atoms with Gasteiger partial charge in [-0.05, 0) is 30.0 Å². The summed E-state index contributed by atoms with van der Waals surface area (Å²) < 4.78 is 0. The number of hydrogen-bond acceptors (Lipinski definition) is 0. The van der Waals surface area contributed by atoms with Crippen molar-refractivity contribution in [1.82, 2.24) is 0 Å². The summed E-state index contributed by atoms with van der Waals surface area (Å²) in [6.07, 6.45) is 10.0. The Hall–Kier alpha value is -2.26. The number of rotatable bonds is 6. The molecule has 0 bridgehead atoms. The number of allylic oxidation sites excluding steroid dienone is 1. The van der Waals surface area contributed by atoms with Crippen molar-refractivity contribution < 1.29 is 0 Å². The highest BCUT2D eigenvalue weighted by molar-refractivity contribution is 5.50. The van der Waals surface area contributed by atoms with Crippen LogP contribution in [-0.2, 0) is 6.42 Å². The van der Waals surface area contributed by atoms with Gasteiger partial charge in [0.1, 0.15) is 0 Å². The van der Waals surface area contributed by atoms with Crippen LogP contribution in [0.15, 0.2) is 60.7 Å². The van der Waals surface area contributed by atoms with Gasteiger partial charge in [-0.1, -0.05) is 92.3 Å². The minimum atomic E-state index is 0.925. The maximum atomic E-state index is 3.34. The average Bonchev–Trinajstić information content (AvgIpc) is 2.57. The molecule has 0 fully saturated rings. The molecule has 0 saturated carbocycles. The van der Waals surface area contributed by atoms with Gasteiger partial charge in [0.2, 0.25) is 0 Å². The molecule has 0 aromatic heterocycles. The minimum Gasteiger partial charge on any atom is -0.0979 e. The quantitative estimate of drug-likeness (QED) is 0.460. The Labute approximate surface area is 134 Å². The third kappa shape index (κ3) is 5.62. The van der Waals surface area contributed by atoms with Crippen molar-refractivity contribution in [1.29, 1.82) is 0 Å². The van der Waals surface area contributed by atoms with Gasteiger partial charge in [-0.25, -0.2) is 0 Å². The van der Waals surface area contributed by atoms with E-state index in [0.717, 1.165) is 18.4 Å². The van der Waals surface area contributed by atoms with Crippen molar-refractivity contribution in [3.63, 3.8) is 0 Å². The van der Waals surface area contributed by atoms with Crippen LogP contribution in [0.4, 0.5) is 0 Å². The number of unbranched alkanes of at least 4 members (excludes halogenated alkanes) is 3. The van der Waals surface area contributed by atoms with E-state index in [9.17, 15) is 0 Å². The average molecular weight is 288 g/mol. The molecule has 2 aromatic rings. The molecule has 0 unspecified atom stereocenters. The fourth-order valence-corrected chi connectivity index (χ4v) is 2.33. The molecule has 0 atom stereocenters. The van der Waals surface area contributed by atoms with E-state index in [1.54, 1.807) is 0 Å². The van der Waals surface area contributed by atoms with Crippen LogP contribution in [-0.4, -0.2) is 0 Å². The van der Waals surface area contributed by atoms with E-state index in [1.807, 2.05) is 6.07 Å². The standard InChI is InChI=1S/C22H24/c1-2-3-4-5-9-16-21-17-10-11-18-22(21)19-12-15-20-13-7-6-8-14-20/h6-8,10-15,17-18H,2-5,19H2,1H3/b15-12+. The topological polar surface area (TPSA) is 0 Å². The van der Waals surface area contributed by atoms with Crippen molar-refractivity contribution in [3.05, 3.63) is 77.4 Å². The molecular weight excluding hydrogens is 264 g/mol. The normalized spacial score (nSPS) is 10.4. The van der Waals surface area contributed by atoms with E-state index in [2.05, 4.69) is 79.4 Å². The Morgan fingerprint density at radius 1 is 0.909 bits per heavy atom. The summed E-state index contributed by atoms with van der Waals surface area (Å²) in [6, 6.07) is 18.9. The smallest absolute Gasteiger partial charge is 0.0280 e. The first-order chi connectivity index (χ1) is 10.9. The molecule has 0 N–H and O–H groups in total. The molecule has 22 heavy (non-hydrogen) atoms. The summed E-state index contributed by atoms with van der Waals surface area (Å²) >= 11 is 0. The molecule has 0 saturated heterocycles. The molecule has 0 amide bonds. The molecule has 2 rings (SSSR count). The highest BCUT2D eigenvalue weighted by Gasteiger charge is 1.96. The lowest BCUT2D eigenvalue weighted by Gasteiger charge is -2.01. The van der Waals surface area contributed by atoms with Crippen LogP contribution in [0.5, 0.6) is 0 Å². The monoisotopic (exact) mass is 288 g/mol. The fraction of sp³-hybridized carbons (Fsp3) is 0.273. The summed E-state index contributed by atoms with van der Waals surface area (Å²) in [7, 11) is 0. The summed E-state index contributed by atoms with van der Waals surface area (Å²) in [5, 5.41) is 0. The second-order valence-corrected chi connectivity index (χ2v) is 5.43. The zero-order chi connectivity index (χ0) is 15.5. The van der Waals surface area contributed by atoms with E-state index in [1.165, 1.54) is 30.4 Å². The van der Waals surface area contributed by atoms with Gasteiger partial charge >= 0.3 is 0 Å². The zero-order valence-corrected chi connectivity index (χ0v) is 13.4. The van der Waals surface area contributed by atoms with E-state index >= 15 is 0 Å². The van der Waals surface area contributed by atoms with Crippen LogP contribution in [0.1, 0.15) is 49.3 Å². The fourth-order valence-electron chi connectivity index (χ4n) is 2.33. The third-order valence-electron chi connectivity index (χ3n) is 3.59. The van der Waals surface area contributed by atoms with Gasteiger partial charge in [-0.3, -0.25) is 0 Å². The Balaban J connectivity index is 1.97. The van der Waals surface area contributed by atoms with Gasteiger partial charge in [0.25, 0.3) is 0 Å². The number of hydrogen-bond donors (Lipinski definition) is 0. The summed E-state index contributed by atoms with van der Waals surface area (Å²) in [5.41, 5.74) is 3.71. The summed E-state index contributed by atoms with van der Waals surface area (Å²) in [4.78, 5) is 0. The summed E-state index contributed by atoms with van der Waals surface area (Å²) in [5.74, 6) is 6.65. The van der Waals surface area contributed by atoms with Gasteiger partial charge in [-0.15, -0.1) is 0 Å². The second kappa shape index (κ2) is 9.64. The molecule has 0 heterocycles.